The van der Waals surface area contributed by atoms with Crippen molar-refractivity contribution in [3.8, 4) is 5.88 Å². The quantitative estimate of drug-likeness (QED) is 0.646. The molecule has 3 N–H and O–H groups in total. The SMILES string of the molecule is CCN(CC)CCOc1cc(N2CCOCC2)cc(N)n1.Cc1cccc(C=N)c1. The van der Waals surface area contributed by atoms with Crippen LogP contribution in [0.3, 0.4) is 0 Å². The van der Waals surface area contributed by atoms with Crippen molar-refractivity contribution in [3.05, 3.63) is 47.5 Å². The van der Waals surface area contributed by atoms with Crippen LogP contribution in [0.1, 0.15) is 25.0 Å². The van der Waals surface area contributed by atoms with Gasteiger partial charge in [0.05, 0.1) is 13.2 Å². The summed E-state index contributed by atoms with van der Waals surface area (Å²) >= 11 is 0. The molecule has 3 rings (SSSR count). The zero-order valence-corrected chi connectivity index (χ0v) is 18.4. The first-order valence-corrected chi connectivity index (χ1v) is 10.6. The van der Waals surface area contributed by atoms with E-state index in [4.69, 9.17) is 20.6 Å². The van der Waals surface area contributed by atoms with Crippen LogP contribution in [0.5, 0.6) is 5.88 Å². The van der Waals surface area contributed by atoms with Crippen molar-refractivity contribution >= 4 is 17.7 Å². The summed E-state index contributed by atoms with van der Waals surface area (Å²) in [7, 11) is 0. The van der Waals surface area contributed by atoms with Gasteiger partial charge in [-0.3, -0.25) is 0 Å². The number of nitrogen functional groups attached to an aromatic ring is 1. The van der Waals surface area contributed by atoms with Gasteiger partial charge in [-0.25, -0.2) is 0 Å². The van der Waals surface area contributed by atoms with Crippen molar-refractivity contribution in [1.29, 1.82) is 5.41 Å². The summed E-state index contributed by atoms with van der Waals surface area (Å²) in [5, 5.41) is 6.92. The summed E-state index contributed by atoms with van der Waals surface area (Å²) in [6.07, 6.45) is 1.35. The Bertz CT molecular complexity index is 774. The Labute approximate surface area is 180 Å². The van der Waals surface area contributed by atoms with Gasteiger partial charge in [0.2, 0.25) is 5.88 Å². The molecule has 1 aliphatic heterocycles. The standard InChI is InChI=1S/C15H26N4O2.C8H9N/c1-3-18(4-2)5-10-21-15-12-13(11-14(16)17-15)19-6-8-20-9-7-19;1-7-3-2-4-8(5-7)6-9/h11-12H,3-10H2,1-2H3,(H2,16,17);2-6,9H,1H3. The molecule has 0 bridgehead atoms. The lowest BCUT2D eigenvalue weighted by Crippen LogP contribution is -2.36. The minimum absolute atomic E-state index is 0.497. The molecule has 0 unspecified atom stereocenters. The lowest BCUT2D eigenvalue weighted by molar-refractivity contribution is 0.122. The second-order valence-corrected chi connectivity index (χ2v) is 7.12. The van der Waals surface area contributed by atoms with Crippen molar-refractivity contribution in [2.45, 2.75) is 20.8 Å². The minimum atomic E-state index is 0.497. The Balaban J connectivity index is 0.000000297. The van der Waals surface area contributed by atoms with Crippen LogP contribution in [0.25, 0.3) is 0 Å². The van der Waals surface area contributed by atoms with Crippen molar-refractivity contribution in [2.24, 2.45) is 0 Å². The zero-order chi connectivity index (χ0) is 21.8. The minimum Gasteiger partial charge on any atom is -0.476 e. The third-order valence-electron chi connectivity index (χ3n) is 4.94. The summed E-state index contributed by atoms with van der Waals surface area (Å²) in [5.41, 5.74) is 9.12. The fourth-order valence-corrected chi connectivity index (χ4v) is 3.17. The first kappa shape index (κ1) is 23.6. The van der Waals surface area contributed by atoms with Gasteiger partial charge in [-0.15, -0.1) is 0 Å². The predicted molar refractivity (Wildman–Crippen MR) is 124 cm³/mol. The Hall–Kier alpha value is -2.64. The van der Waals surface area contributed by atoms with Crippen LogP contribution in [0, 0.1) is 12.3 Å². The van der Waals surface area contributed by atoms with E-state index in [1.807, 2.05) is 43.3 Å². The lowest BCUT2D eigenvalue weighted by atomic mass is 10.2. The molecule has 30 heavy (non-hydrogen) atoms. The van der Waals surface area contributed by atoms with Crippen LogP contribution in [0.15, 0.2) is 36.4 Å². The molecule has 0 atom stereocenters. The summed E-state index contributed by atoms with van der Waals surface area (Å²) in [5.74, 6) is 1.10. The van der Waals surface area contributed by atoms with Crippen molar-refractivity contribution in [3.63, 3.8) is 0 Å². The average Bonchev–Trinajstić information content (AvgIpc) is 2.77. The normalized spacial score (nSPS) is 13.5. The number of aryl methyl sites for hydroxylation is 1. The third-order valence-corrected chi connectivity index (χ3v) is 4.94. The van der Waals surface area contributed by atoms with Crippen molar-refractivity contribution < 1.29 is 9.47 Å². The van der Waals surface area contributed by atoms with E-state index in [1.165, 1.54) is 11.8 Å². The number of nitrogens with two attached hydrogens (primary N) is 1. The smallest absolute Gasteiger partial charge is 0.217 e. The lowest BCUT2D eigenvalue weighted by Gasteiger charge is -2.29. The van der Waals surface area contributed by atoms with E-state index in [0.29, 0.717) is 18.3 Å². The van der Waals surface area contributed by atoms with E-state index in [2.05, 4.69) is 28.6 Å². The van der Waals surface area contributed by atoms with E-state index in [-0.39, 0.29) is 0 Å². The molecular formula is C23H35N5O2. The van der Waals surface area contributed by atoms with E-state index in [0.717, 1.165) is 57.2 Å². The molecule has 2 aromatic rings. The molecule has 1 fully saturated rings. The molecule has 1 aliphatic rings. The highest BCUT2D eigenvalue weighted by atomic mass is 16.5. The molecule has 1 aromatic heterocycles. The number of ether oxygens (including phenoxy) is 2. The number of likely N-dealkylation sites (N-methyl/N-ethyl adjacent to an activating group) is 1. The van der Waals surface area contributed by atoms with Gasteiger partial charge in [0.15, 0.2) is 0 Å². The molecule has 0 radical (unpaired) electrons. The first-order valence-electron chi connectivity index (χ1n) is 10.6. The molecule has 7 heteroatoms. The average molecular weight is 414 g/mol. The van der Waals surface area contributed by atoms with Crippen LogP contribution in [0.4, 0.5) is 11.5 Å². The van der Waals surface area contributed by atoms with Gasteiger partial charge in [-0.05, 0) is 25.6 Å². The Morgan fingerprint density at radius 3 is 2.53 bits per heavy atom. The molecule has 1 aromatic carbocycles. The second-order valence-electron chi connectivity index (χ2n) is 7.12. The van der Waals surface area contributed by atoms with Gasteiger partial charge in [-0.1, -0.05) is 43.7 Å². The monoisotopic (exact) mass is 413 g/mol. The summed E-state index contributed by atoms with van der Waals surface area (Å²) in [4.78, 5) is 8.82. The fraction of sp³-hybridized carbons (Fsp3) is 0.478. The van der Waals surface area contributed by atoms with Crippen LogP contribution < -0.4 is 15.4 Å². The molecule has 1 saturated heterocycles. The molecular weight excluding hydrogens is 378 g/mol. The third kappa shape index (κ3) is 8.00. The van der Waals surface area contributed by atoms with Crippen LogP contribution in [0.2, 0.25) is 0 Å². The number of benzene rings is 1. The highest BCUT2D eigenvalue weighted by Crippen LogP contribution is 2.23. The van der Waals surface area contributed by atoms with E-state index >= 15 is 0 Å². The molecule has 0 amide bonds. The molecule has 0 spiro atoms. The van der Waals surface area contributed by atoms with Crippen LogP contribution in [-0.4, -0.2) is 68.6 Å². The molecule has 7 nitrogen and oxygen atoms in total. The number of morpholine rings is 1. The molecule has 0 saturated carbocycles. The predicted octanol–water partition coefficient (Wildman–Crippen LogP) is 3.21. The second kappa shape index (κ2) is 12.8. The topological polar surface area (TPSA) is 87.7 Å². The molecule has 164 valence electrons. The largest absolute Gasteiger partial charge is 0.476 e. The number of pyridine rings is 1. The number of hydrogen-bond acceptors (Lipinski definition) is 7. The summed E-state index contributed by atoms with van der Waals surface area (Å²) in [6.45, 7) is 13.2. The Kier molecular flexibility index (Phi) is 10.1. The maximum Gasteiger partial charge on any atom is 0.217 e. The van der Waals surface area contributed by atoms with Crippen LogP contribution in [-0.2, 0) is 4.74 Å². The summed E-state index contributed by atoms with van der Waals surface area (Å²) < 4.78 is 11.1. The number of anilines is 2. The van der Waals surface area contributed by atoms with Crippen LogP contribution >= 0.6 is 0 Å². The highest BCUT2D eigenvalue weighted by molar-refractivity contribution is 5.76. The number of nitrogens with one attached hydrogen (secondary N) is 1. The number of hydrogen-bond donors (Lipinski definition) is 2. The van der Waals surface area contributed by atoms with Gasteiger partial charge in [0.1, 0.15) is 12.4 Å². The molecule has 2 heterocycles. The van der Waals surface area contributed by atoms with Gasteiger partial charge >= 0.3 is 0 Å². The van der Waals surface area contributed by atoms with Gasteiger partial charge in [-0.2, -0.15) is 4.98 Å². The Morgan fingerprint density at radius 2 is 1.93 bits per heavy atom. The van der Waals surface area contributed by atoms with Gasteiger partial charge in [0.25, 0.3) is 0 Å². The van der Waals surface area contributed by atoms with E-state index in [9.17, 15) is 0 Å². The fourth-order valence-electron chi connectivity index (χ4n) is 3.17. The van der Waals surface area contributed by atoms with Crippen molar-refractivity contribution in [1.82, 2.24) is 9.88 Å². The maximum atomic E-state index is 6.92. The van der Waals surface area contributed by atoms with E-state index in [1.54, 1.807) is 0 Å². The van der Waals surface area contributed by atoms with Gasteiger partial charge < -0.3 is 30.4 Å². The highest BCUT2D eigenvalue weighted by Gasteiger charge is 2.13. The number of aromatic nitrogens is 1. The first-order chi connectivity index (χ1) is 14.5. The zero-order valence-electron chi connectivity index (χ0n) is 18.4. The van der Waals surface area contributed by atoms with E-state index < -0.39 is 0 Å². The Morgan fingerprint density at radius 1 is 1.20 bits per heavy atom. The summed E-state index contributed by atoms with van der Waals surface area (Å²) in [6, 6.07) is 11.7. The van der Waals surface area contributed by atoms with Crippen molar-refractivity contribution in [2.75, 3.05) is 63.2 Å². The van der Waals surface area contributed by atoms with Gasteiger partial charge in [0, 0.05) is 43.7 Å². The number of nitrogens with zero attached hydrogens (tertiary/aromatic N) is 3. The maximum absolute atomic E-state index is 6.92. The molecule has 0 aliphatic carbocycles. The number of rotatable bonds is 8.